The first-order chi connectivity index (χ1) is 10.9. The molecule has 4 rings (SSSR count). The molecule has 1 aliphatic heterocycles. The van der Waals surface area contributed by atoms with Gasteiger partial charge in [-0.1, -0.05) is 48.5 Å². The van der Waals surface area contributed by atoms with Crippen LogP contribution in [0.25, 0.3) is 10.9 Å². The highest BCUT2D eigenvalue weighted by Crippen LogP contribution is 2.33. The van der Waals surface area contributed by atoms with Crippen LogP contribution in [-0.2, 0) is 6.42 Å². The third-order valence-electron chi connectivity index (χ3n) is 3.84. The monoisotopic (exact) mass is 288 g/mol. The van der Waals surface area contributed by atoms with Crippen LogP contribution in [0.4, 0.5) is 11.4 Å². The second kappa shape index (κ2) is 5.48. The zero-order valence-corrected chi connectivity index (χ0v) is 12.1. The van der Waals surface area contributed by atoms with E-state index in [0.717, 1.165) is 41.0 Å². The van der Waals surface area contributed by atoms with Gasteiger partial charge in [0.15, 0.2) is 0 Å². The fraction of sp³-hybridized carbons (Fsp3) is 0.111. The molecule has 0 saturated carbocycles. The summed E-state index contributed by atoms with van der Waals surface area (Å²) in [5.41, 5.74) is 10.7. The first kappa shape index (κ1) is 12.8. The Hall–Kier alpha value is -2.88. The lowest BCUT2D eigenvalue weighted by molar-refractivity contribution is 0.955. The van der Waals surface area contributed by atoms with Crippen LogP contribution < -0.4 is 10.9 Å². The summed E-state index contributed by atoms with van der Waals surface area (Å²) >= 11 is 0. The first-order valence-corrected chi connectivity index (χ1v) is 7.41. The van der Waals surface area contributed by atoms with Gasteiger partial charge in [0.25, 0.3) is 0 Å². The average Bonchev–Trinajstić information content (AvgIpc) is 2.60. The third-order valence-corrected chi connectivity index (χ3v) is 3.84. The number of nitrogens with zero attached hydrogens (tertiary/aromatic N) is 2. The molecule has 0 fully saturated rings. The molecule has 22 heavy (non-hydrogen) atoms. The number of fused-ring (bicyclic) bond motifs is 3. The first-order valence-electron chi connectivity index (χ1n) is 7.41. The van der Waals surface area contributed by atoms with Crippen LogP contribution in [0.1, 0.15) is 12.0 Å². The highest BCUT2D eigenvalue weighted by molar-refractivity contribution is 6.01. The Balaban J connectivity index is 1.60. The van der Waals surface area contributed by atoms with Crippen LogP contribution in [0, 0.1) is 0 Å². The van der Waals surface area contributed by atoms with Crippen LogP contribution in [0.15, 0.2) is 65.8 Å². The van der Waals surface area contributed by atoms with Crippen molar-refractivity contribution >= 4 is 28.1 Å². The van der Waals surface area contributed by atoms with Crippen molar-refractivity contribution in [2.45, 2.75) is 12.8 Å². The molecule has 0 radical (unpaired) electrons. The van der Waals surface area contributed by atoms with Gasteiger partial charge in [-0.3, -0.25) is 15.8 Å². The van der Waals surface area contributed by atoms with E-state index in [-0.39, 0.29) is 0 Å². The second-order valence-electron chi connectivity index (χ2n) is 5.33. The summed E-state index contributed by atoms with van der Waals surface area (Å²) in [5.74, 6) is 0.938. The molecule has 4 heteroatoms. The number of nitrogens with one attached hydrogen (secondary N) is 2. The van der Waals surface area contributed by atoms with E-state index in [1.54, 1.807) is 0 Å². The van der Waals surface area contributed by atoms with Crippen LogP contribution in [0.5, 0.6) is 0 Å². The smallest absolute Gasteiger partial charge is 0.121 e. The predicted molar refractivity (Wildman–Crippen MR) is 90.4 cm³/mol. The zero-order chi connectivity index (χ0) is 14.8. The molecule has 108 valence electrons. The molecular formula is C18H16N4. The Morgan fingerprint density at radius 3 is 2.55 bits per heavy atom. The topological polar surface area (TPSA) is 49.3 Å². The number of rotatable bonds is 3. The molecule has 4 nitrogen and oxygen atoms in total. The maximum absolute atomic E-state index is 4.69. The van der Waals surface area contributed by atoms with E-state index < -0.39 is 0 Å². The lowest BCUT2D eigenvalue weighted by atomic mass is 10.1. The molecule has 2 aromatic carbocycles. The van der Waals surface area contributed by atoms with E-state index in [1.807, 2.05) is 30.5 Å². The largest absolute Gasteiger partial charge is 0.297 e. The van der Waals surface area contributed by atoms with Crippen LogP contribution in [0.3, 0.4) is 0 Å². The highest BCUT2D eigenvalue weighted by Gasteiger charge is 2.14. The van der Waals surface area contributed by atoms with Gasteiger partial charge < -0.3 is 0 Å². The summed E-state index contributed by atoms with van der Waals surface area (Å²) in [7, 11) is 0. The van der Waals surface area contributed by atoms with E-state index in [1.165, 1.54) is 5.56 Å². The highest BCUT2D eigenvalue weighted by atomic mass is 15.4. The van der Waals surface area contributed by atoms with Crippen molar-refractivity contribution in [2.24, 2.45) is 4.99 Å². The van der Waals surface area contributed by atoms with Crippen molar-refractivity contribution < 1.29 is 0 Å². The van der Waals surface area contributed by atoms with E-state index in [0.29, 0.717) is 0 Å². The van der Waals surface area contributed by atoms with Crippen LogP contribution in [0.2, 0.25) is 0 Å². The van der Waals surface area contributed by atoms with Crippen molar-refractivity contribution in [1.82, 2.24) is 10.4 Å². The number of para-hydroxylation sites is 1. The summed E-state index contributed by atoms with van der Waals surface area (Å²) in [4.78, 5) is 9.16. The maximum atomic E-state index is 4.69. The number of aromatic nitrogens is 1. The number of hydrazine groups is 1. The van der Waals surface area contributed by atoms with Crippen molar-refractivity contribution in [3.05, 3.63) is 66.4 Å². The van der Waals surface area contributed by atoms with Crippen LogP contribution >= 0.6 is 0 Å². The van der Waals surface area contributed by atoms with Crippen molar-refractivity contribution in [1.29, 1.82) is 0 Å². The zero-order valence-electron chi connectivity index (χ0n) is 12.1. The van der Waals surface area contributed by atoms with Gasteiger partial charge in [-0.2, -0.15) is 0 Å². The molecule has 1 aromatic heterocycles. The van der Waals surface area contributed by atoms with Gasteiger partial charge in [0.2, 0.25) is 0 Å². The number of aryl methyl sites for hydroxylation is 1. The number of anilines is 1. The molecule has 0 unspecified atom stereocenters. The molecular weight excluding hydrogens is 272 g/mol. The SMILES string of the molecule is c1ccc(CCC2=Nc3cnc4ccccc4c3NN2)cc1. The van der Waals surface area contributed by atoms with Gasteiger partial charge >= 0.3 is 0 Å². The molecule has 0 aliphatic carbocycles. The minimum atomic E-state index is 0.864. The Kier molecular flexibility index (Phi) is 3.20. The number of aliphatic imine (C=N–C) groups is 1. The fourth-order valence-electron chi connectivity index (χ4n) is 2.68. The summed E-state index contributed by atoms with van der Waals surface area (Å²) in [5, 5.41) is 1.08. The molecule has 0 spiro atoms. The summed E-state index contributed by atoms with van der Waals surface area (Å²) in [6.45, 7) is 0. The third kappa shape index (κ3) is 2.39. The van der Waals surface area contributed by atoms with Gasteiger partial charge in [-0.05, 0) is 18.1 Å². The fourth-order valence-corrected chi connectivity index (χ4v) is 2.68. The summed E-state index contributed by atoms with van der Waals surface area (Å²) in [6, 6.07) is 18.5. The van der Waals surface area contributed by atoms with Gasteiger partial charge in [0.1, 0.15) is 11.5 Å². The van der Waals surface area contributed by atoms with Crippen molar-refractivity contribution in [3.63, 3.8) is 0 Å². The second-order valence-corrected chi connectivity index (χ2v) is 5.33. The van der Waals surface area contributed by atoms with Gasteiger partial charge in [0, 0.05) is 11.8 Å². The Bertz CT molecular complexity index is 840. The number of hydrogen-bond donors (Lipinski definition) is 2. The van der Waals surface area contributed by atoms with Gasteiger partial charge in [-0.15, -0.1) is 0 Å². The van der Waals surface area contributed by atoms with Gasteiger partial charge in [-0.25, -0.2) is 4.99 Å². The standard InChI is InChI=1S/C18H16N4/c1-2-6-13(7-3-1)10-11-17-20-16-12-19-15-9-5-4-8-14(15)18(16)22-21-17/h1-9,12,22H,10-11H2,(H,20,21). The lowest BCUT2D eigenvalue weighted by Gasteiger charge is -2.20. The van der Waals surface area contributed by atoms with E-state index in [9.17, 15) is 0 Å². The minimum Gasteiger partial charge on any atom is -0.297 e. The Morgan fingerprint density at radius 2 is 1.64 bits per heavy atom. The molecule has 0 bridgehead atoms. The predicted octanol–water partition coefficient (Wildman–Crippen LogP) is 3.83. The number of amidine groups is 1. The Labute approximate surface area is 128 Å². The summed E-state index contributed by atoms with van der Waals surface area (Å²) in [6.07, 6.45) is 3.65. The van der Waals surface area contributed by atoms with Gasteiger partial charge in [0.05, 0.1) is 17.4 Å². The Morgan fingerprint density at radius 1 is 0.818 bits per heavy atom. The maximum Gasteiger partial charge on any atom is 0.121 e. The minimum absolute atomic E-state index is 0.864. The number of benzene rings is 2. The van der Waals surface area contributed by atoms with E-state index in [2.05, 4.69) is 46.2 Å². The number of pyridine rings is 1. The van der Waals surface area contributed by atoms with E-state index in [4.69, 9.17) is 4.99 Å². The molecule has 2 N–H and O–H groups in total. The van der Waals surface area contributed by atoms with Crippen LogP contribution in [-0.4, -0.2) is 10.8 Å². The van der Waals surface area contributed by atoms with Crippen molar-refractivity contribution in [2.75, 3.05) is 5.43 Å². The molecule has 2 heterocycles. The molecule has 0 amide bonds. The molecule has 1 aliphatic rings. The number of hydrogen-bond acceptors (Lipinski definition) is 4. The quantitative estimate of drug-likeness (QED) is 0.770. The summed E-state index contributed by atoms with van der Waals surface area (Å²) < 4.78 is 0. The van der Waals surface area contributed by atoms with E-state index >= 15 is 0 Å². The molecule has 3 aromatic rings. The molecule has 0 atom stereocenters. The lowest BCUT2D eigenvalue weighted by Crippen LogP contribution is -2.32. The average molecular weight is 288 g/mol. The molecule has 0 saturated heterocycles. The normalized spacial score (nSPS) is 13.0. The van der Waals surface area contributed by atoms with Crippen molar-refractivity contribution in [3.8, 4) is 0 Å².